The highest BCUT2D eigenvalue weighted by molar-refractivity contribution is 5.77. The summed E-state index contributed by atoms with van der Waals surface area (Å²) in [5, 5.41) is 0. The van der Waals surface area contributed by atoms with Crippen LogP contribution in [-0.2, 0) is 9.53 Å². The van der Waals surface area contributed by atoms with Gasteiger partial charge in [0.2, 0.25) is 11.9 Å². The molecule has 0 bridgehead atoms. The van der Waals surface area contributed by atoms with Crippen molar-refractivity contribution in [2.75, 3.05) is 19.7 Å². The normalized spacial score (nSPS) is 18.4. The topological polar surface area (TPSA) is 108 Å². The number of hydrogen-bond acceptors (Lipinski definition) is 5. The molecule has 6 N–H and O–H groups in total. The number of nitrogens with zero attached hydrogens (tertiary/aromatic N) is 1. The monoisotopic (exact) mass is 188 g/mol. The maximum absolute atomic E-state index is 11.1. The molecular formula is C7H16N4O2. The highest BCUT2D eigenvalue weighted by Gasteiger charge is 2.20. The minimum Gasteiger partial charge on any atom is -0.340 e. The first kappa shape index (κ1) is 10.4. The molecule has 0 radical (unpaired) electrons. The van der Waals surface area contributed by atoms with Gasteiger partial charge in [-0.05, 0) is 6.42 Å². The largest absolute Gasteiger partial charge is 0.340 e. The molecule has 0 aromatic carbocycles. The van der Waals surface area contributed by atoms with Crippen molar-refractivity contribution in [1.82, 2.24) is 4.90 Å². The Labute approximate surface area is 77.0 Å². The van der Waals surface area contributed by atoms with Crippen molar-refractivity contribution >= 4 is 5.91 Å². The molecule has 0 aromatic rings. The van der Waals surface area contributed by atoms with Gasteiger partial charge in [-0.15, -0.1) is 0 Å². The summed E-state index contributed by atoms with van der Waals surface area (Å²) in [5.74, 6) is -1.44. The van der Waals surface area contributed by atoms with Gasteiger partial charge < -0.3 is 9.64 Å². The Balaban J connectivity index is 2.16. The maximum atomic E-state index is 11.1. The minimum atomic E-state index is -1.59. The SMILES string of the molecule is NC(N)(N)OCCN1CCCC1=O. The lowest BCUT2D eigenvalue weighted by atomic mass is 10.4. The first-order valence-electron chi connectivity index (χ1n) is 4.27. The van der Waals surface area contributed by atoms with Crippen LogP contribution in [-0.4, -0.2) is 36.5 Å². The second-order valence-corrected chi connectivity index (χ2v) is 3.19. The Bertz CT molecular complexity index is 189. The number of carbonyl (C=O) groups is 1. The first-order valence-corrected chi connectivity index (χ1v) is 4.27. The zero-order valence-corrected chi connectivity index (χ0v) is 7.53. The van der Waals surface area contributed by atoms with Gasteiger partial charge >= 0.3 is 0 Å². The average Bonchev–Trinajstić information content (AvgIpc) is 2.34. The van der Waals surface area contributed by atoms with Crippen LogP contribution in [0.5, 0.6) is 0 Å². The molecule has 6 nitrogen and oxygen atoms in total. The zero-order chi connectivity index (χ0) is 9.90. The van der Waals surface area contributed by atoms with Crippen LogP contribution in [0.3, 0.4) is 0 Å². The van der Waals surface area contributed by atoms with E-state index in [1.165, 1.54) is 0 Å². The van der Waals surface area contributed by atoms with Crippen molar-refractivity contribution in [2.24, 2.45) is 17.2 Å². The Morgan fingerprint density at radius 3 is 2.62 bits per heavy atom. The van der Waals surface area contributed by atoms with E-state index in [-0.39, 0.29) is 12.5 Å². The number of amides is 1. The van der Waals surface area contributed by atoms with Crippen LogP contribution in [0.4, 0.5) is 0 Å². The van der Waals surface area contributed by atoms with Gasteiger partial charge in [0.15, 0.2) is 0 Å². The van der Waals surface area contributed by atoms with Crippen LogP contribution in [0.15, 0.2) is 0 Å². The molecule has 13 heavy (non-hydrogen) atoms. The molecule has 0 spiro atoms. The first-order chi connectivity index (χ1) is 5.99. The molecule has 0 unspecified atom stereocenters. The Morgan fingerprint density at radius 1 is 1.46 bits per heavy atom. The van der Waals surface area contributed by atoms with E-state index in [4.69, 9.17) is 21.9 Å². The Kier molecular flexibility index (Phi) is 3.21. The van der Waals surface area contributed by atoms with Crippen molar-refractivity contribution in [3.05, 3.63) is 0 Å². The summed E-state index contributed by atoms with van der Waals surface area (Å²) in [6.07, 6.45) is 1.54. The van der Waals surface area contributed by atoms with Crippen LogP contribution in [0.25, 0.3) is 0 Å². The molecule has 0 atom stereocenters. The lowest BCUT2D eigenvalue weighted by molar-refractivity contribution is -0.129. The van der Waals surface area contributed by atoms with Gasteiger partial charge in [-0.2, -0.15) is 0 Å². The minimum absolute atomic E-state index is 0.153. The van der Waals surface area contributed by atoms with Crippen LogP contribution < -0.4 is 17.2 Å². The van der Waals surface area contributed by atoms with Crippen molar-refractivity contribution < 1.29 is 9.53 Å². The van der Waals surface area contributed by atoms with Gasteiger partial charge in [0.05, 0.1) is 6.61 Å². The van der Waals surface area contributed by atoms with Gasteiger partial charge in [0.25, 0.3) is 0 Å². The van der Waals surface area contributed by atoms with Crippen LogP contribution >= 0.6 is 0 Å². The van der Waals surface area contributed by atoms with Gasteiger partial charge in [-0.1, -0.05) is 0 Å². The van der Waals surface area contributed by atoms with E-state index in [1.54, 1.807) is 4.90 Å². The van der Waals surface area contributed by atoms with Gasteiger partial charge in [-0.25, -0.2) is 0 Å². The summed E-state index contributed by atoms with van der Waals surface area (Å²) >= 11 is 0. The third-order valence-corrected chi connectivity index (χ3v) is 1.88. The third-order valence-electron chi connectivity index (χ3n) is 1.88. The number of hydrogen-bond donors (Lipinski definition) is 3. The molecular weight excluding hydrogens is 172 g/mol. The molecule has 76 valence electrons. The molecule has 1 aliphatic rings. The predicted octanol–water partition coefficient (Wildman–Crippen LogP) is -1.89. The fraction of sp³-hybridized carbons (Fsp3) is 0.857. The summed E-state index contributed by atoms with van der Waals surface area (Å²) in [4.78, 5) is 12.8. The Hall–Kier alpha value is -0.690. The number of rotatable bonds is 4. The molecule has 1 aliphatic heterocycles. The van der Waals surface area contributed by atoms with Crippen molar-refractivity contribution in [3.63, 3.8) is 0 Å². The molecule has 6 heteroatoms. The second-order valence-electron chi connectivity index (χ2n) is 3.19. The number of nitrogens with two attached hydrogens (primary N) is 3. The molecule has 0 aromatic heterocycles. The lowest BCUT2D eigenvalue weighted by Crippen LogP contribution is -2.60. The van der Waals surface area contributed by atoms with E-state index in [0.29, 0.717) is 13.0 Å². The van der Waals surface area contributed by atoms with E-state index in [2.05, 4.69) is 0 Å². The van der Waals surface area contributed by atoms with Crippen LogP contribution in [0.1, 0.15) is 12.8 Å². The maximum Gasteiger partial charge on any atom is 0.227 e. The number of carbonyl (C=O) groups excluding carboxylic acids is 1. The van der Waals surface area contributed by atoms with Crippen molar-refractivity contribution in [1.29, 1.82) is 0 Å². The quantitative estimate of drug-likeness (QED) is 0.447. The fourth-order valence-corrected chi connectivity index (χ4v) is 1.27. The van der Waals surface area contributed by atoms with Crippen molar-refractivity contribution in [3.8, 4) is 0 Å². The van der Waals surface area contributed by atoms with E-state index in [0.717, 1.165) is 13.0 Å². The summed E-state index contributed by atoms with van der Waals surface area (Å²) in [7, 11) is 0. The molecule has 1 heterocycles. The highest BCUT2D eigenvalue weighted by Crippen LogP contribution is 2.08. The van der Waals surface area contributed by atoms with E-state index < -0.39 is 5.97 Å². The smallest absolute Gasteiger partial charge is 0.227 e. The standard InChI is InChI=1S/C7H16N4O2/c8-7(9,10)13-5-4-11-3-1-2-6(11)12/h1-5,8-10H2. The van der Waals surface area contributed by atoms with Gasteiger partial charge in [-0.3, -0.25) is 22.0 Å². The van der Waals surface area contributed by atoms with Gasteiger partial charge in [0, 0.05) is 19.5 Å². The highest BCUT2D eigenvalue weighted by atomic mass is 16.5. The lowest BCUT2D eigenvalue weighted by Gasteiger charge is -2.21. The third kappa shape index (κ3) is 3.69. The summed E-state index contributed by atoms with van der Waals surface area (Å²) in [5.41, 5.74) is 15.6. The number of ether oxygens (including phenoxy) is 1. The fourth-order valence-electron chi connectivity index (χ4n) is 1.27. The predicted molar refractivity (Wildman–Crippen MR) is 47.1 cm³/mol. The van der Waals surface area contributed by atoms with E-state index in [9.17, 15) is 4.79 Å². The number of likely N-dealkylation sites (tertiary alicyclic amines) is 1. The Morgan fingerprint density at radius 2 is 2.15 bits per heavy atom. The molecule has 1 fully saturated rings. The second kappa shape index (κ2) is 4.01. The van der Waals surface area contributed by atoms with E-state index >= 15 is 0 Å². The molecule has 0 saturated carbocycles. The average molecular weight is 188 g/mol. The summed E-state index contributed by atoms with van der Waals surface area (Å²) < 4.78 is 4.88. The van der Waals surface area contributed by atoms with Gasteiger partial charge in [0.1, 0.15) is 0 Å². The zero-order valence-electron chi connectivity index (χ0n) is 7.53. The molecule has 1 amide bonds. The molecule has 1 saturated heterocycles. The molecule has 1 rings (SSSR count). The van der Waals surface area contributed by atoms with E-state index in [1.807, 2.05) is 0 Å². The summed E-state index contributed by atoms with van der Waals surface area (Å²) in [6, 6.07) is 0. The van der Waals surface area contributed by atoms with Crippen LogP contribution in [0, 0.1) is 0 Å². The van der Waals surface area contributed by atoms with Crippen molar-refractivity contribution in [2.45, 2.75) is 18.8 Å². The molecule has 0 aliphatic carbocycles. The summed E-state index contributed by atoms with van der Waals surface area (Å²) in [6.45, 7) is 1.57. The van der Waals surface area contributed by atoms with Crippen LogP contribution in [0.2, 0.25) is 0 Å².